The monoisotopic (exact) mass is 350 g/mol. The molecular formula is C16H15ClN2O5. The van der Waals surface area contributed by atoms with Crippen molar-refractivity contribution in [3.8, 4) is 11.3 Å². The zero-order valence-electron chi connectivity index (χ0n) is 12.6. The van der Waals surface area contributed by atoms with Crippen LogP contribution in [0.5, 0.6) is 0 Å². The Balaban J connectivity index is 1.72. The van der Waals surface area contributed by atoms with E-state index in [0.717, 1.165) is 5.56 Å². The lowest BCUT2D eigenvalue weighted by Crippen LogP contribution is -2.46. The summed E-state index contributed by atoms with van der Waals surface area (Å²) >= 11 is 5.94. The number of carbonyl (C=O) groups is 2. The molecule has 0 spiro atoms. The predicted molar refractivity (Wildman–Crippen MR) is 84.8 cm³/mol. The minimum atomic E-state index is -0.959. The first kappa shape index (κ1) is 16.5. The molecule has 1 aliphatic heterocycles. The summed E-state index contributed by atoms with van der Waals surface area (Å²) in [5.74, 6) is -0.833. The number of rotatable bonds is 4. The van der Waals surface area contributed by atoms with Crippen molar-refractivity contribution in [2.24, 2.45) is 0 Å². The Labute approximate surface area is 142 Å². The fraction of sp³-hybridized carbons (Fsp3) is 0.312. The van der Waals surface area contributed by atoms with Crippen LogP contribution in [-0.4, -0.2) is 52.8 Å². The molecule has 24 heavy (non-hydrogen) atoms. The van der Waals surface area contributed by atoms with Crippen molar-refractivity contribution < 1.29 is 24.0 Å². The van der Waals surface area contributed by atoms with Crippen LogP contribution in [0.15, 0.2) is 34.9 Å². The summed E-state index contributed by atoms with van der Waals surface area (Å²) in [6.07, 6.45) is -0.657. The highest BCUT2D eigenvalue weighted by Gasteiger charge is 2.28. The molecule has 3 rings (SSSR count). The number of carboxylic acids is 1. The van der Waals surface area contributed by atoms with Gasteiger partial charge in [-0.05, 0) is 12.1 Å². The van der Waals surface area contributed by atoms with E-state index in [2.05, 4.69) is 5.16 Å². The van der Waals surface area contributed by atoms with Gasteiger partial charge in [-0.3, -0.25) is 9.59 Å². The number of halogens is 1. The summed E-state index contributed by atoms with van der Waals surface area (Å²) in [5.41, 5.74) is 0.890. The Bertz CT molecular complexity index is 760. The van der Waals surface area contributed by atoms with E-state index in [0.29, 0.717) is 23.9 Å². The topological polar surface area (TPSA) is 92.9 Å². The summed E-state index contributed by atoms with van der Waals surface area (Å²) in [5, 5.41) is 13.2. The summed E-state index contributed by atoms with van der Waals surface area (Å²) in [6, 6.07) is 8.59. The van der Waals surface area contributed by atoms with Gasteiger partial charge in [-0.1, -0.05) is 28.9 Å². The van der Waals surface area contributed by atoms with E-state index < -0.39 is 12.1 Å². The van der Waals surface area contributed by atoms with Crippen molar-refractivity contribution in [3.63, 3.8) is 0 Å². The van der Waals surface area contributed by atoms with Crippen LogP contribution in [-0.2, 0) is 9.53 Å². The lowest BCUT2D eigenvalue weighted by Gasteiger charge is -2.31. The number of carbonyl (C=O) groups excluding carboxylic acids is 1. The Kier molecular flexibility index (Phi) is 4.82. The maximum atomic E-state index is 12.5. The molecule has 1 aliphatic rings. The molecule has 1 saturated heterocycles. The molecule has 1 N–H and O–H groups in total. The molecule has 2 aromatic rings. The van der Waals surface area contributed by atoms with Crippen molar-refractivity contribution in [2.75, 3.05) is 19.7 Å². The van der Waals surface area contributed by atoms with E-state index in [9.17, 15) is 9.59 Å². The number of nitrogens with zero attached hydrogens (tertiary/aromatic N) is 2. The van der Waals surface area contributed by atoms with E-state index in [1.165, 1.54) is 4.90 Å². The van der Waals surface area contributed by atoms with Gasteiger partial charge in [0, 0.05) is 29.7 Å². The molecule has 0 aliphatic carbocycles. The van der Waals surface area contributed by atoms with Crippen molar-refractivity contribution in [1.29, 1.82) is 0 Å². The van der Waals surface area contributed by atoms with Crippen molar-refractivity contribution in [3.05, 3.63) is 41.0 Å². The van der Waals surface area contributed by atoms with Crippen LogP contribution >= 0.6 is 11.6 Å². The first-order chi connectivity index (χ1) is 11.5. The van der Waals surface area contributed by atoms with Gasteiger partial charge in [0.1, 0.15) is 0 Å². The molecule has 1 aromatic heterocycles. The predicted octanol–water partition coefficient (Wildman–Crippen LogP) is 2.31. The van der Waals surface area contributed by atoms with Gasteiger partial charge in [0.15, 0.2) is 11.5 Å². The third kappa shape index (κ3) is 3.74. The molecule has 1 fully saturated rings. The smallest absolute Gasteiger partial charge is 0.306 e. The summed E-state index contributed by atoms with van der Waals surface area (Å²) in [4.78, 5) is 24.8. The number of ether oxygens (including phenoxy) is 1. The highest BCUT2D eigenvalue weighted by molar-refractivity contribution is 6.30. The molecule has 2 heterocycles. The van der Waals surface area contributed by atoms with Crippen LogP contribution in [0.1, 0.15) is 16.9 Å². The molecule has 1 aromatic carbocycles. The molecule has 0 radical (unpaired) electrons. The van der Waals surface area contributed by atoms with Crippen LogP contribution in [0.2, 0.25) is 5.02 Å². The van der Waals surface area contributed by atoms with E-state index in [1.54, 1.807) is 30.3 Å². The molecule has 7 nitrogen and oxygen atoms in total. The summed E-state index contributed by atoms with van der Waals surface area (Å²) < 4.78 is 10.6. The highest BCUT2D eigenvalue weighted by Crippen LogP contribution is 2.24. The van der Waals surface area contributed by atoms with Gasteiger partial charge >= 0.3 is 5.97 Å². The number of aliphatic carboxylic acids is 1. The lowest BCUT2D eigenvalue weighted by molar-refractivity contribution is -0.141. The molecule has 0 bridgehead atoms. The standard InChI is InChI=1S/C16H15ClN2O5/c17-11-3-1-2-10(6-11)14-8-13(18-24-14)16(22)19-4-5-23-12(9-19)7-15(20)21/h1-3,6,8,12H,4-5,7,9H2,(H,20,21). The van der Waals surface area contributed by atoms with Crippen LogP contribution < -0.4 is 0 Å². The van der Waals surface area contributed by atoms with Crippen LogP contribution in [0.3, 0.4) is 0 Å². The zero-order valence-corrected chi connectivity index (χ0v) is 13.4. The van der Waals surface area contributed by atoms with Crippen LogP contribution in [0.25, 0.3) is 11.3 Å². The van der Waals surface area contributed by atoms with Crippen molar-refractivity contribution in [1.82, 2.24) is 10.1 Å². The quantitative estimate of drug-likeness (QED) is 0.909. The number of hydrogen-bond donors (Lipinski definition) is 1. The third-order valence-corrected chi connectivity index (χ3v) is 3.90. The number of amides is 1. The second kappa shape index (κ2) is 7.02. The van der Waals surface area contributed by atoms with Gasteiger partial charge in [-0.2, -0.15) is 0 Å². The van der Waals surface area contributed by atoms with Crippen LogP contribution in [0, 0.1) is 0 Å². The molecular weight excluding hydrogens is 336 g/mol. The van der Waals surface area contributed by atoms with Gasteiger partial charge in [0.2, 0.25) is 0 Å². The largest absolute Gasteiger partial charge is 0.481 e. The fourth-order valence-electron chi connectivity index (χ4n) is 2.54. The van der Waals surface area contributed by atoms with E-state index in [-0.39, 0.29) is 24.6 Å². The van der Waals surface area contributed by atoms with E-state index in [4.69, 9.17) is 26.0 Å². The Hall–Kier alpha value is -2.38. The van der Waals surface area contributed by atoms with Gasteiger partial charge in [-0.15, -0.1) is 0 Å². The Morgan fingerprint density at radius 3 is 2.96 bits per heavy atom. The average molecular weight is 351 g/mol. The molecule has 1 unspecified atom stereocenters. The third-order valence-electron chi connectivity index (χ3n) is 3.67. The summed E-state index contributed by atoms with van der Waals surface area (Å²) in [6.45, 7) is 0.890. The minimum Gasteiger partial charge on any atom is -0.481 e. The molecule has 1 amide bonds. The second-order valence-corrected chi connectivity index (χ2v) is 5.87. The number of hydrogen-bond acceptors (Lipinski definition) is 5. The Morgan fingerprint density at radius 2 is 2.21 bits per heavy atom. The zero-order chi connectivity index (χ0) is 17.1. The van der Waals surface area contributed by atoms with E-state index in [1.807, 2.05) is 0 Å². The number of benzene rings is 1. The first-order valence-corrected chi connectivity index (χ1v) is 7.76. The lowest BCUT2D eigenvalue weighted by atomic mass is 10.1. The number of carboxylic acid groups (broad SMARTS) is 1. The Morgan fingerprint density at radius 1 is 1.38 bits per heavy atom. The SMILES string of the molecule is O=C(O)CC1CN(C(=O)c2cc(-c3cccc(Cl)c3)on2)CCO1. The first-order valence-electron chi connectivity index (χ1n) is 7.38. The normalized spacial score (nSPS) is 17.7. The molecule has 1 atom stereocenters. The van der Waals surface area contributed by atoms with Crippen LogP contribution in [0.4, 0.5) is 0 Å². The fourth-order valence-corrected chi connectivity index (χ4v) is 2.73. The molecule has 0 saturated carbocycles. The van der Waals surface area contributed by atoms with Gasteiger partial charge in [0.25, 0.3) is 5.91 Å². The average Bonchev–Trinajstić information content (AvgIpc) is 3.04. The van der Waals surface area contributed by atoms with Gasteiger partial charge in [0.05, 0.1) is 19.1 Å². The summed E-state index contributed by atoms with van der Waals surface area (Å²) in [7, 11) is 0. The minimum absolute atomic E-state index is 0.143. The van der Waals surface area contributed by atoms with E-state index >= 15 is 0 Å². The molecule has 126 valence electrons. The van der Waals surface area contributed by atoms with Crippen molar-refractivity contribution in [2.45, 2.75) is 12.5 Å². The molecule has 8 heteroatoms. The van der Waals surface area contributed by atoms with Gasteiger partial charge in [-0.25, -0.2) is 0 Å². The number of aromatic nitrogens is 1. The maximum absolute atomic E-state index is 12.5. The maximum Gasteiger partial charge on any atom is 0.306 e. The second-order valence-electron chi connectivity index (χ2n) is 5.43. The van der Waals surface area contributed by atoms with Gasteiger partial charge < -0.3 is 19.3 Å². The number of morpholine rings is 1. The van der Waals surface area contributed by atoms with Crippen molar-refractivity contribution >= 4 is 23.5 Å². The highest BCUT2D eigenvalue weighted by atomic mass is 35.5.